The number of hydrogen-bond donors (Lipinski definition) is 2. The molecule has 156 valence electrons. The lowest BCUT2D eigenvalue weighted by Crippen LogP contribution is -2.45. The molecule has 0 radical (unpaired) electrons. The number of aromatic nitrogens is 1. The Balaban J connectivity index is 1.40. The van der Waals surface area contributed by atoms with Crippen LogP contribution in [0.15, 0.2) is 54.7 Å². The standard InChI is InChI=1S/C23H26N4O3/c1-17-9-12-24-20(15-17)26-23(30)19-10-13-27(14-11-19)22(29)16-25-21(28)8-7-18-5-3-2-4-6-18/h2-9,12,15,19H,10-11,13-14,16H2,1H3,(H,25,28)(H,24,26,30)/b8-7+. The maximum Gasteiger partial charge on any atom is 0.244 e. The second-order valence-corrected chi connectivity index (χ2v) is 7.32. The van der Waals surface area contributed by atoms with Crippen molar-refractivity contribution in [2.45, 2.75) is 19.8 Å². The molecule has 0 atom stereocenters. The number of hydrogen-bond acceptors (Lipinski definition) is 4. The molecule has 0 spiro atoms. The van der Waals surface area contributed by atoms with Crippen molar-refractivity contribution in [2.75, 3.05) is 25.0 Å². The van der Waals surface area contributed by atoms with Gasteiger partial charge in [-0.2, -0.15) is 0 Å². The van der Waals surface area contributed by atoms with Crippen LogP contribution < -0.4 is 10.6 Å². The molecule has 0 unspecified atom stereocenters. The van der Waals surface area contributed by atoms with Crippen LogP contribution in [0, 0.1) is 12.8 Å². The van der Waals surface area contributed by atoms with Crippen molar-refractivity contribution < 1.29 is 14.4 Å². The molecule has 0 aliphatic carbocycles. The molecular weight excluding hydrogens is 380 g/mol. The lowest BCUT2D eigenvalue weighted by Gasteiger charge is -2.31. The average Bonchev–Trinajstić information content (AvgIpc) is 2.77. The van der Waals surface area contributed by atoms with Crippen LogP contribution in [0.1, 0.15) is 24.0 Å². The van der Waals surface area contributed by atoms with Crippen LogP contribution in [0.4, 0.5) is 5.82 Å². The number of likely N-dealkylation sites (tertiary alicyclic amines) is 1. The van der Waals surface area contributed by atoms with Crippen molar-refractivity contribution in [3.63, 3.8) is 0 Å². The van der Waals surface area contributed by atoms with Crippen molar-refractivity contribution in [1.29, 1.82) is 0 Å². The van der Waals surface area contributed by atoms with E-state index in [0.29, 0.717) is 31.7 Å². The zero-order valence-corrected chi connectivity index (χ0v) is 17.0. The van der Waals surface area contributed by atoms with Gasteiger partial charge in [-0.05, 0) is 49.1 Å². The highest BCUT2D eigenvalue weighted by Gasteiger charge is 2.27. The Labute approximate surface area is 176 Å². The summed E-state index contributed by atoms with van der Waals surface area (Å²) in [6.45, 7) is 2.88. The second-order valence-electron chi connectivity index (χ2n) is 7.32. The SMILES string of the molecule is Cc1ccnc(NC(=O)C2CCN(C(=O)CNC(=O)/C=C/c3ccccc3)CC2)c1. The largest absolute Gasteiger partial charge is 0.343 e. The third-order valence-corrected chi connectivity index (χ3v) is 5.03. The monoisotopic (exact) mass is 406 g/mol. The predicted octanol–water partition coefficient (Wildman–Crippen LogP) is 2.40. The van der Waals surface area contributed by atoms with Crippen molar-refractivity contribution in [3.05, 3.63) is 65.9 Å². The van der Waals surface area contributed by atoms with Crippen molar-refractivity contribution in [1.82, 2.24) is 15.2 Å². The fraction of sp³-hybridized carbons (Fsp3) is 0.304. The van der Waals surface area contributed by atoms with Gasteiger partial charge in [0, 0.05) is 31.3 Å². The van der Waals surface area contributed by atoms with E-state index in [2.05, 4.69) is 15.6 Å². The van der Waals surface area contributed by atoms with E-state index in [1.165, 1.54) is 6.08 Å². The summed E-state index contributed by atoms with van der Waals surface area (Å²) in [6.07, 6.45) is 5.96. The number of benzene rings is 1. The maximum atomic E-state index is 12.4. The Morgan fingerprint density at radius 1 is 1.13 bits per heavy atom. The minimum absolute atomic E-state index is 0.0535. The van der Waals surface area contributed by atoms with E-state index in [9.17, 15) is 14.4 Å². The highest BCUT2D eigenvalue weighted by molar-refractivity contribution is 5.94. The molecule has 3 amide bonds. The van der Waals surface area contributed by atoms with E-state index in [4.69, 9.17) is 0 Å². The van der Waals surface area contributed by atoms with Crippen LogP contribution in [-0.2, 0) is 14.4 Å². The number of carbonyl (C=O) groups excluding carboxylic acids is 3. The molecule has 30 heavy (non-hydrogen) atoms. The van der Waals surface area contributed by atoms with Crippen molar-refractivity contribution in [3.8, 4) is 0 Å². The summed E-state index contributed by atoms with van der Waals surface area (Å²) in [5, 5.41) is 5.46. The van der Waals surface area contributed by atoms with Gasteiger partial charge in [0.15, 0.2) is 0 Å². The molecule has 0 bridgehead atoms. The van der Waals surface area contributed by atoms with Gasteiger partial charge in [0.25, 0.3) is 0 Å². The van der Waals surface area contributed by atoms with E-state index in [1.807, 2.05) is 49.4 Å². The number of piperidine rings is 1. The van der Waals surface area contributed by atoms with Gasteiger partial charge in [-0.25, -0.2) is 4.98 Å². The molecule has 1 aromatic heterocycles. The van der Waals surface area contributed by atoms with E-state index >= 15 is 0 Å². The molecule has 1 aliphatic heterocycles. The highest BCUT2D eigenvalue weighted by atomic mass is 16.2. The number of carbonyl (C=O) groups is 3. The summed E-state index contributed by atoms with van der Waals surface area (Å²) in [5.41, 5.74) is 1.95. The van der Waals surface area contributed by atoms with E-state index in [-0.39, 0.29) is 30.2 Å². The van der Waals surface area contributed by atoms with Crippen LogP contribution in [-0.4, -0.2) is 47.2 Å². The Morgan fingerprint density at radius 2 is 1.87 bits per heavy atom. The number of pyridine rings is 1. The zero-order chi connectivity index (χ0) is 21.3. The third-order valence-electron chi connectivity index (χ3n) is 5.03. The fourth-order valence-corrected chi connectivity index (χ4v) is 3.29. The quantitative estimate of drug-likeness (QED) is 0.721. The molecular formula is C23H26N4O3. The summed E-state index contributed by atoms with van der Waals surface area (Å²) in [6, 6.07) is 13.2. The molecule has 2 aromatic rings. The van der Waals surface area contributed by atoms with Gasteiger partial charge in [-0.15, -0.1) is 0 Å². The number of nitrogens with one attached hydrogen (secondary N) is 2. The first-order valence-electron chi connectivity index (χ1n) is 10.0. The fourth-order valence-electron chi connectivity index (χ4n) is 3.29. The number of aryl methyl sites for hydroxylation is 1. The van der Waals surface area contributed by atoms with Crippen LogP contribution in [0.2, 0.25) is 0 Å². The number of nitrogens with zero attached hydrogens (tertiary/aromatic N) is 2. The Kier molecular flexibility index (Phi) is 7.32. The lowest BCUT2D eigenvalue weighted by atomic mass is 9.96. The first kappa shape index (κ1) is 21.2. The minimum Gasteiger partial charge on any atom is -0.343 e. The van der Waals surface area contributed by atoms with Gasteiger partial charge in [-0.3, -0.25) is 14.4 Å². The topological polar surface area (TPSA) is 91.4 Å². The summed E-state index contributed by atoms with van der Waals surface area (Å²) >= 11 is 0. The Bertz CT molecular complexity index is 919. The van der Waals surface area contributed by atoms with E-state index < -0.39 is 0 Å². The van der Waals surface area contributed by atoms with Crippen LogP contribution in [0.3, 0.4) is 0 Å². The zero-order valence-electron chi connectivity index (χ0n) is 17.0. The molecule has 2 heterocycles. The smallest absolute Gasteiger partial charge is 0.244 e. The number of rotatable bonds is 6. The van der Waals surface area contributed by atoms with E-state index in [0.717, 1.165) is 11.1 Å². The molecule has 1 aromatic carbocycles. The van der Waals surface area contributed by atoms with Gasteiger partial charge in [0.2, 0.25) is 17.7 Å². The van der Waals surface area contributed by atoms with Gasteiger partial charge in [0.1, 0.15) is 5.82 Å². The maximum absolute atomic E-state index is 12.4. The van der Waals surface area contributed by atoms with Crippen molar-refractivity contribution >= 4 is 29.6 Å². The first-order chi connectivity index (χ1) is 14.5. The van der Waals surface area contributed by atoms with Crippen LogP contribution >= 0.6 is 0 Å². The minimum atomic E-state index is -0.313. The molecule has 0 saturated carbocycles. The summed E-state index contributed by atoms with van der Waals surface area (Å²) in [4.78, 5) is 42.6. The molecule has 3 rings (SSSR count). The van der Waals surface area contributed by atoms with Gasteiger partial charge < -0.3 is 15.5 Å². The van der Waals surface area contributed by atoms with Crippen molar-refractivity contribution in [2.24, 2.45) is 5.92 Å². The van der Waals surface area contributed by atoms with Gasteiger partial charge in [0.05, 0.1) is 6.54 Å². The number of anilines is 1. The molecule has 1 fully saturated rings. The van der Waals surface area contributed by atoms with E-state index in [1.54, 1.807) is 17.2 Å². The van der Waals surface area contributed by atoms with Gasteiger partial charge in [-0.1, -0.05) is 30.3 Å². The Morgan fingerprint density at radius 3 is 2.57 bits per heavy atom. The second kappa shape index (κ2) is 10.3. The molecule has 2 N–H and O–H groups in total. The van der Waals surface area contributed by atoms with Crippen LogP contribution in [0.25, 0.3) is 6.08 Å². The third kappa shape index (κ3) is 6.27. The molecule has 1 aliphatic rings. The number of amides is 3. The summed E-state index contributed by atoms with van der Waals surface area (Å²) in [5.74, 6) is -0.133. The highest BCUT2D eigenvalue weighted by Crippen LogP contribution is 2.19. The lowest BCUT2D eigenvalue weighted by molar-refractivity contribution is -0.134. The Hall–Kier alpha value is -3.48. The first-order valence-corrected chi connectivity index (χ1v) is 10.0. The molecule has 7 nitrogen and oxygen atoms in total. The summed E-state index contributed by atoms with van der Waals surface area (Å²) in [7, 11) is 0. The average molecular weight is 406 g/mol. The molecule has 1 saturated heterocycles. The normalized spacial score (nSPS) is 14.5. The summed E-state index contributed by atoms with van der Waals surface area (Å²) < 4.78 is 0. The van der Waals surface area contributed by atoms with Crippen LogP contribution in [0.5, 0.6) is 0 Å². The van der Waals surface area contributed by atoms with Gasteiger partial charge >= 0.3 is 0 Å². The molecule has 7 heteroatoms. The predicted molar refractivity (Wildman–Crippen MR) is 115 cm³/mol.